The van der Waals surface area contributed by atoms with E-state index in [2.05, 4.69) is 12.2 Å². The molecule has 0 fully saturated rings. The van der Waals surface area contributed by atoms with Crippen LogP contribution in [0.3, 0.4) is 0 Å². The number of hydrogen-bond donors (Lipinski definition) is 2. The average Bonchev–Trinajstić information content (AvgIpc) is 2.61. The minimum Gasteiger partial charge on any atom is -0.368 e. The molecule has 0 aliphatic heterocycles. The predicted molar refractivity (Wildman–Crippen MR) is 69.2 cm³/mol. The van der Waals surface area contributed by atoms with Crippen LogP contribution in [0.5, 0.6) is 0 Å². The van der Waals surface area contributed by atoms with E-state index in [-0.39, 0.29) is 5.91 Å². The second-order valence-corrected chi connectivity index (χ2v) is 5.30. The van der Waals surface area contributed by atoms with Crippen LogP contribution in [0, 0.1) is 6.92 Å². The Morgan fingerprint density at radius 1 is 1.53 bits per heavy atom. The molecule has 0 bridgehead atoms. The molecule has 1 atom stereocenters. The number of nitrogens with two attached hydrogens (primary N) is 1. The fraction of sp³-hybridized carbons (Fsp3) is 0.500. The first-order valence-corrected chi connectivity index (χ1v) is 6.46. The molecule has 1 heterocycles. The van der Waals surface area contributed by atoms with Crippen LogP contribution in [0.25, 0.3) is 0 Å². The van der Waals surface area contributed by atoms with Gasteiger partial charge in [0.2, 0.25) is 5.91 Å². The van der Waals surface area contributed by atoms with Crippen molar-refractivity contribution in [2.24, 2.45) is 5.73 Å². The number of hydrogen-bond acceptors (Lipinski definition) is 3. The van der Waals surface area contributed by atoms with Crippen LogP contribution in [-0.2, 0) is 11.2 Å². The van der Waals surface area contributed by atoms with E-state index >= 15 is 0 Å². The number of rotatable bonds is 5. The smallest absolute Gasteiger partial charge is 0.262 e. The van der Waals surface area contributed by atoms with Crippen LogP contribution in [0.2, 0.25) is 0 Å². The molecule has 5 heteroatoms. The standard InChI is InChI=1S/C12H18N2O2S/c1-4-5-9-6-10(17-8(9)3)12(16)14-7(2)11(13)15/h6-7H,4-5H2,1-3H3,(H2,13,15)(H,14,16). The summed E-state index contributed by atoms with van der Waals surface area (Å²) in [6.07, 6.45) is 2.03. The van der Waals surface area contributed by atoms with E-state index in [9.17, 15) is 9.59 Å². The number of primary amides is 1. The molecular weight excluding hydrogens is 236 g/mol. The monoisotopic (exact) mass is 254 g/mol. The highest BCUT2D eigenvalue weighted by Gasteiger charge is 2.16. The normalized spacial score (nSPS) is 12.2. The molecule has 4 nitrogen and oxygen atoms in total. The first-order valence-electron chi connectivity index (χ1n) is 5.65. The van der Waals surface area contributed by atoms with E-state index in [1.54, 1.807) is 6.92 Å². The third-order valence-corrected chi connectivity index (χ3v) is 3.63. The average molecular weight is 254 g/mol. The molecule has 0 aliphatic rings. The Labute approximate surface area is 105 Å². The van der Waals surface area contributed by atoms with E-state index in [1.807, 2.05) is 13.0 Å². The van der Waals surface area contributed by atoms with Gasteiger partial charge in [-0.05, 0) is 31.9 Å². The Hall–Kier alpha value is -1.36. The molecule has 3 N–H and O–H groups in total. The second-order valence-electron chi connectivity index (χ2n) is 4.04. The van der Waals surface area contributed by atoms with Gasteiger partial charge < -0.3 is 11.1 Å². The Morgan fingerprint density at radius 2 is 2.18 bits per heavy atom. The molecule has 0 aromatic carbocycles. The van der Waals surface area contributed by atoms with Crippen LogP contribution >= 0.6 is 11.3 Å². The SMILES string of the molecule is CCCc1cc(C(=O)NC(C)C(N)=O)sc1C. The van der Waals surface area contributed by atoms with Crippen molar-refractivity contribution in [2.45, 2.75) is 39.7 Å². The molecule has 0 saturated carbocycles. The van der Waals surface area contributed by atoms with Crippen molar-refractivity contribution in [3.63, 3.8) is 0 Å². The van der Waals surface area contributed by atoms with Crippen LogP contribution in [0.1, 0.15) is 40.4 Å². The maximum atomic E-state index is 11.8. The summed E-state index contributed by atoms with van der Waals surface area (Å²) in [5, 5.41) is 2.58. The highest BCUT2D eigenvalue weighted by molar-refractivity contribution is 7.14. The fourth-order valence-electron chi connectivity index (χ4n) is 1.49. The van der Waals surface area contributed by atoms with E-state index in [1.165, 1.54) is 16.9 Å². The van der Waals surface area contributed by atoms with Crippen LogP contribution in [0.15, 0.2) is 6.07 Å². The lowest BCUT2D eigenvalue weighted by molar-refractivity contribution is -0.119. The molecular formula is C12H18N2O2S. The van der Waals surface area contributed by atoms with E-state index in [0.29, 0.717) is 4.88 Å². The zero-order valence-corrected chi connectivity index (χ0v) is 11.2. The Morgan fingerprint density at radius 3 is 2.71 bits per heavy atom. The van der Waals surface area contributed by atoms with Gasteiger partial charge in [-0.15, -0.1) is 11.3 Å². The molecule has 1 aromatic heterocycles. The van der Waals surface area contributed by atoms with Gasteiger partial charge in [0.05, 0.1) is 4.88 Å². The van der Waals surface area contributed by atoms with Gasteiger partial charge in [0.1, 0.15) is 6.04 Å². The number of carbonyl (C=O) groups excluding carboxylic acids is 2. The van der Waals surface area contributed by atoms with Crippen molar-refractivity contribution in [2.75, 3.05) is 0 Å². The largest absolute Gasteiger partial charge is 0.368 e. The van der Waals surface area contributed by atoms with Crippen LogP contribution in [-0.4, -0.2) is 17.9 Å². The zero-order valence-electron chi connectivity index (χ0n) is 10.4. The van der Waals surface area contributed by atoms with Gasteiger partial charge in [0, 0.05) is 4.88 Å². The summed E-state index contributed by atoms with van der Waals surface area (Å²) in [6, 6.07) is 1.26. The third kappa shape index (κ3) is 3.56. The van der Waals surface area contributed by atoms with Gasteiger partial charge in [-0.3, -0.25) is 9.59 Å². The van der Waals surface area contributed by atoms with Gasteiger partial charge >= 0.3 is 0 Å². The lowest BCUT2D eigenvalue weighted by Crippen LogP contribution is -2.41. The summed E-state index contributed by atoms with van der Waals surface area (Å²) >= 11 is 1.45. The highest BCUT2D eigenvalue weighted by atomic mass is 32.1. The predicted octanol–water partition coefficient (Wildman–Crippen LogP) is 1.61. The highest BCUT2D eigenvalue weighted by Crippen LogP contribution is 2.22. The zero-order chi connectivity index (χ0) is 13.0. The van der Waals surface area contributed by atoms with Crippen molar-refractivity contribution in [1.29, 1.82) is 0 Å². The summed E-state index contributed by atoms with van der Waals surface area (Å²) in [5.74, 6) is -0.757. The first-order chi connectivity index (χ1) is 7.95. The minimum absolute atomic E-state index is 0.230. The van der Waals surface area contributed by atoms with Gasteiger partial charge in [0.25, 0.3) is 5.91 Å². The number of aryl methyl sites for hydroxylation is 2. The summed E-state index contributed by atoms with van der Waals surface area (Å²) in [5.41, 5.74) is 6.30. The third-order valence-electron chi connectivity index (χ3n) is 2.54. The molecule has 17 heavy (non-hydrogen) atoms. The molecule has 0 spiro atoms. The summed E-state index contributed by atoms with van der Waals surface area (Å²) in [6.45, 7) is 5.68. The Kier molecular flexibility index (Phi) is 4.69. The lowest BCUT2D eigenvalue weighted by atomic mass is 10.1. The molecule has 2 amide bonds. The number of amides is 2. The van der Waals surface area contributed by atoms with Crippen molar-refractivity contribution in [1.82, 2.24) is 5.32 Å². The maximum Gasteiger partial charge on any atom is 0.262 e. The maximum absolute atomic E-state index is 11.8. The first kappa shape index (κ1) is 13.7. The van der Waals surface area contributed by atoms with Gasteiger partial charge in [0.15, 0.2) is 0 Å². The molecule has 0 aliphatic carbocycles. The van der Waals surface area contributed by atoms with Gasteiger partial charge in [-0.1, -0.05) is 13.3 Å². The van der Waals surface area contributed by atoms with Gasteiger partial charge in [-0.25, -0.2) is 0 Å². The van der Waals surface area contributed by atoms with E-state index < -0.39 is 11.9 Å². The van der Waals surface area contributed by atoms with Crippen molar-refractivity contribution in [3.8, 4) is 0 Å². The van der Waals surface area contributed by atoms with Crippen LogP contribution < -0.4 is 11.1 Å². The Balaban J connectivity index is 2.76. The van der Waals surface area contributed by atoms with E-state index in [0.717, 1.165) is 17.7 Å². The number of thiophene rings is 1. The molecule has 1 aromatic rings. The fourth-order valence-corrected chi connectivity index (χ4v) is 2.46. The molecule has 94 valence electrons. The van der Waals surface area contributed by atoms with Crippen molar-refractivity contribution < 1.29 is 9.59 Å². The van der Waals surface area contributed by atoms with E-state index in [4.69, 9.17) is 5.73 Å². The lowest BCUT2D eigenvalue weighted by Gasteiger charge is -2.08. The quantitative estimate of drug-likeness (QED) is 0.838. The summed E-state index contributed by atoms with van der Waals surface area (Å²) < 4.78 is 0. The van der Waals surface area contributed by atoms with Crippen LogP contribution in [0.4, 0.5) is 0 Å². The molecule has 0 saturated heterocycles. The number of nitrogens with one attached hydrogen (secondary N) is 1. The van der Waals surface area contributed by atoms with Gasteiger partial charge in [-0.2, -0.15) is 0 Å². The van der Waals surface area contributed by atoms with Crippen molar-refractivity contribution in [3.05, 3.63) is 21.4 Å². The second kappa shape index (κ2) is 5.82. The topological polar surface area (TPSA) is 72.2 Å². The minimum atomic E-state index is -0.639. The Bertz CT molecular complexity index is 426. The molecule has 1 unspecified atom stereocenters. The number of carbonyl (C=O) groups is 2. The molecule has 0 radical (unpaired) electrons. The summed E-state index contributed by atoms with van der Waals surface area (Å²) in [7, 11) is 0. The summed E-state index contributed by atoms with van der Waals surface area (Å²) in [4.78, 5) is 24.5. The molecule has 1 rings (SSSR count). The van der Waals surface area contributed by atoms with Crippen molar-refractivity contribution >= 4 is 23.2 Å².